The Balaban J connectivity index is 1.42. The first-order chi connectivity index (χ1) is 14.2. The van der Waals surface area contributed by atoms with Gasteiger partial charge in [-0.25, -0.2) is 0 Å². The largest absolute Gasteiger partial charge is 0.494 e. The smallest absolute Gasteiger partial charge is 0.254 e. The average Bonchev–Trinajstić information content (AvgIpc) is 2.78. The van der Waals surface area contributed by atoms with Crippen molar-refractivity contribution in [2.24, 2.45) is 0 Å². The average molecular weight is 388 g/mol. The second-order valence-electron chi connectivity index (χ2n) is 7.07. The fourth-order valence-corrected chi connectivity index (χ4v) is 3.74. The van der Waals surface area contributed by atoms with Gasteiger partial charge in [-0.05, 0) is 48.0 Å². The van der Waals surface area contributed by atoms with Gasteiger partial charge in [-0.15, -0.1) is 0 Å². The number of benzene rings is 3. The highest BCUT2D eigenvalue weighted by Crippen LogP contribution is 2.21. The molecular weight excluding hydrogens is 364 g/mol. The number of hydrogen-bond acceptors (Lipinski definition) is 3. The fourth-order valence-electron chi connectivity index (χ4n) is 3.74. The van der Waals surface area contributed by atoms with E-state index in [1.807, 2.05) is 71.3 Å². The van der Waals surface area contributed by atoms with E-state index >= 15 is 0 Å². The molecule has 0 radical (unpaired) electrons. The molecule has 1 heterocycles. The quantitative estimate of drug-likeness (QED) is 0.682. The maximum Gasteiger partial charge on any atom is 0.254 e. The summed E-state index contributed by atoms with van der Waals surface area (Å²) in [6.45, 7) is 4.65. The topological polar surface area (TPSA) is 49.9 Å². The minimum Gasteiger partial charge on any atom is -0.494 e. The van der Waals surface area contributed by atoms with E-state index in [0.29, 0.717) is 38.3 Å². The Morgan fingerprint density at radius 1 is 0.793 bits per heavy atom. The Morgan fingerprint density at radius 3 is 2.10 bits per heavy atom. The number of fused-ring (bicyclic) bond motifs is 1. The van der Waals surface area contributed by atoms with Gasteiger partial charge in [0.05, 0.1) is 6.61 Å². The van der Waals surface area contributed by atoms with Crippen molar-refractivity contribution in [2.75, 3.05) is 32.8 Å². The number of carbonyl (C=O) groups is 2. The lowest BCUT2D eigenvalue weighted by molar-refractivity contribution is 0.0536. The molecule has 3 aromatic rings. The molecule has 0 spiro atoms. The molecule has 29 heavy (non-hydrogen) atoms. The van der Waals surface area contributed by atoms with Crippen molar-refractivity contribution in [3.63, 3.8) is 0 Å². The van der Waals surface area contributed by atoms with Crippen molar-refractivity contribution in [2.45, 2.75) is 6.92 Å². The van der Waals surface area contributed by atoms with Crippen LogP contribution in [0.15, 0.2) is 66.7 Å². The predicted molar refractivity (Wildman–Crippen MR) is 113 cm³/mol. The van der Waals surface area contributed by atoms with Gasteiger partial charge in [0.2, 0.25) is 0 Å². The lowest BCUT2D eigenvalue weighted by atomic mass is 10.0. The third-order valence-electron chi connectivity index (χ3n) is 5.29. The molecule has 0 aromatic heterocycles. The summed E-state index contributed by atoms with van der Waals surface area (Å²) in [4.78, 5) is 29.5. The molecule has 0 bridgehead atoms. The Kier molecular flexibility index (Phi) is 5.47. The zero-order valence-electron chi connectivity index (χ0n) is 16.5. The van der Waals surface area contributed by atoms with E-state index < -0.39 is 0 Å². The molecule has 1 fully saturated rings. The second kappa shape index (κ2) is 8.35. The summed E-state index contributed by atoms with van der Waals surface area (Å²) < 4.78 is 5.43. The van der Waals surface area contributed by atoms with Crippen LogP contribution in [0.2, 0.25) is 0 Å². The lowest BCUT2D eigenvalue weighted by Gasteiger charge is -2.35. The number of ether oxygens (including phenoxy) is 1. The number of rotatable bonds is 4. The van der Waals surface area contributed by atoms with E-state index in [9.17, 15) is 9.59 Å². The monoisotopic (exact) mass is 388 g/mol. The Hall–Kier alpha value is -3.34. The van der Waals surface area contributed by atoms with Crippen LogP contribution in [0.4, 0.5) is 0 Å². The Morgan fingerprint density at radius 2 is 1.41 bits per heavy atom. The Bertz CT molecular complexity index is 1020. The van der Waals surface area contributed by atoms with Gasteiger partial charge in [0.15, 0.2) is 0 Å². The number of nitrogens with zero attached hydrogens (tertiary/aromatic N) is 2. The normalized spacial score (nSPS) is 14.1. The third kappa shape index (κ3) is 3.94. The van der Waals surface area contributed by atoms with Gasteiger partial charge in [0, 0.05) is 37.3 Å². The van der Waals surface area contributed by atoms with Crippen LogP contribution in [-0.2, 0) is 0 Å². The van der Waals surface area contributed by atoms with E-state index in [-0.39, 0.29) is 11.8 Å². The summed E-state index contributed by atoms with van der Waals surface area (Å²) in [5, 5.41) is 2.02. The summed E-state index contributed by atoms with van der Waals surface area (Å²) in [5.41, 5.74) is 1.36. The lowest BCUT2D eigenvalue weighted by Crippen LogP contribution is -2.50. The number of amides is 2. The first kappa shape index (κ1) is 19.0. The van der Waals surface area contributed by atoms with Crippen molar-refractivity contribution in [3.05, 3.63) is 77.9 Å². The molecule has 3 aromatic carbocycles. The molecule has 0 unspecified atom stereocenters. The summed E-state index contributed by atoms with van der Waals surface area (Å²) in [5.74, 6) is 0.773. The molecule has 5 nitrogen and oxygen atoms in total. The molecule has 0 N–H and O–H groups in total. The van der Waals surface area contributed by atoms with Crippen LogP contribution >= 0.6 is 0 Å². The molecule has 1 aliphatic rings. The molecule has 148 valence electrons. The van der Waals surface area contributed by atoms with Crippen LogP contribution < -0.4 is 4.74 Å². The number of piperazine rings is 1. The van der Waals surface area contributed by atoms with Gasteiger partial charge in [0.25, 0.3) is 11.8 Å². The zero-order valence-corrected chi connectivity index (χ0v) is 16.5. The van der Waals surface area contributed by atoms with Gasteiger partial charge in [0.1, 0.15) is 5.75 Å². The van der Waals surface area contributed by atoms with E-state index in [4.69, 9.17) is 4.74 Å². The number of hydrogen-bond donors (Lipinski definition) is 0. The molecule has 2 amide bonds. The second-order valence-corrected chi connectivity index (χ2v) is 7.07. The van der Waals surface area contributed by atoms with Crippen molar-refractivity contribution in [1.82, 2.24) is 9.80 Å². The maximum atomic E-state index is 13.1. The highest BCUT2D eigenvalue weighted by atomic mass is 16.5. The molecule has 4 rings (SSSR count). The standard InChI is InChI=1S/C24H24N2O3/c1-2-29-20-12-10-19(11-13-20)23(27)25-14-16-26(17-15-25)24(28)22-9-5-7-18-6-3-4-8-21(18)22/h3-13H,2,14-17H2,1H3. The van der Waals surface area contributed by atoms with Gasteiger partial charge < -0.3 is 14.5 Å². The van der Waals surface area contributed by atoms with Crippen LogP contribution in [0, 0.1) is 0 Å². The minimum atomic E-state index is -0.00897. The van der Waals surface area contributed by atoms with Gasteiger partial charge in [-0.1, -0.05) is 36.4 Å². The molecule has 0 atom stereocenters. The van der Waals surface area contributed by atoms with Crippen molar-refractivity contribution in [3.8, 4) is 5.75 Å². The van der Waals surface area contributed by atoms with Crippen molar-refractivity contribution < 1.29 is 14.3 Å². The molecule has 1 saturated heterocycles. The van der Waals surface area contributed by atoms with E-state index in [1.165, 1.54) is 0 Å². The zero-order chi connectivity index (χ0) is 20.2. The summed E-state index contributed by atoms with van der Waals surface area (Å²) in [6.07, 6.45) is 0. The summed E-state index contributed by atoms with van der Waals surface area (Å²) in [6, 6.07) is 20.9. The van der Waals surface area contributed by atoms with Crippen LogP contribution in [0.25, 0.3) is 10.8 Å². The first-order valence-electron chi connectivity index (χ1n) is 9.96. The van der Waals surface area contributed by atoms with E-state index in [2.05, 4.69) is 0 Å². The van der Waals surface area contributed by atoms with Crippen LogP contribution in [0.5, 0.6) is 5.75 Å². The molecule has 1 aliphatic heterocycles. The van der Waals surface area contributed by atoms with Gasteiger partial charge >= 0.3 is 0 Å². The van der Waals surface area contributed by atoms with Gasteiger partial charge in [-0.2, -0.15) is 0 Å². The highest BCUT2D eigenvalue weighted by Gasteiger charge is 2.26. The first-order valence-corrected chi connectivity index (χ1v) is 9.96. The van der Waals surface area contributed by atoms with Gasteiger partial charge in [-0.3, -0.25) is 9.59 Å². The Labute approximate surface area is 170 Å². The van der Waals surface area contributed by atoms with E-state index in [0.717, 1.165) is 22.1 Å². The molecule has 0 aliphatic carbocycles. The summed E-state index contributed by atoms with van der Waals surface area (Å²) >= 11 is 0. The third-order valence-corrected chi connectivity index (χ3v) is 5.29. The minimum absolute atomic E-state index is 0.00897. The number of carbonyl (C=O) groups excluding carboxylic acids is 2. The van der Waals surface area contributed by atoms with Crippen molar-refractivity contribution in [1.29, 1.82) is 0 Å². The predicted octanol–water partition coefficient (Wildman–Crippen LogP) is 3.84. The highest BCUT2D eigenvalue weighted by molar-refractivity contribution is 6.07. The van der Waals surface area contributed by atoms with E-state index in [1.54, 1.807) is 12.1 Å². The fraction of sp³-hybridized carbons (Fsp3) is 0.250. The van der Waals surface area contributed by atoms with Crippen molar-refractivity contribution >= 4 is 22.6 Å². The van der Waals surface area contributed by atoms with Crippen LogP contribution in [0.3, 0.4) is 0 Å². The molecule has 5 heteroatoms. The summed E-state index contributed by atoms with van der Waals surface area (Å²) in [7, 11) is 0. The van der Waals surface area contributed by atoms with Crippen LogP contribution in [-0.4, -0.2) is 54.4 Å². The maximum absolute atomic E-state index is 13.1. The SMILES string of the molecule is CCOc1ccc(C(=O)N2CCN(C(=O)c3cccc4ccccc34)CC2)cc1. The molecule has 0 saturated carbocycles. The molecular formula is C24H24N2O3. The van der Waals surface area contributed by atoms with Crippen LogP contribution in [0.1, 0.15) is 27.6 Å².